The van der Waals surface area contributed by atoms with E-state index in [1.165, 1.54) is 4.90 Å². The molecule has 1 fully saturated rings. The van der Waals surface area contributed by atoms with Crippen LogP contribution in [0.4, 0.5) is 4.79 Å². The summed E-state index contributed by atoms with van der Waals surface area (Å²) in [6.07, 6.45) is 0.360. The lowest BCUT2D eigenvalue weighted by Gasteiger charge is -2.31. The van der Waals surface area contributed by atoms with Crippen molar-refractivity contribution in [3.63, 3.8) is 0 Å². The molecule has 47 heavy (non-hydrogen) atoms. The maximum atomic E-state index is 13.5. The first-order valence-corrected chi connectivity index (χ1v) is 16.1. The first-order valence-electron chi connectivity index (χ1n) is 16.1. The van der Waals surface area contributed by atoms with Gasteiger partial charge in [0.15, 0.2) is 0 Å². The highest BCUT2D eigenvalue weighted by Gasteiger charge is 2.40. The van der Waals surface area contributed by atoms with E-state index in [-0.39, 0.29) is 50.9 Å². The third-order valence-electron chi connectivity index (χ3n) is 7.20. The summed E-state index contributed by atoms with van der Waals surface area (Å²) in [6.45, 7) is 10.6. The summed E-state index contributed by atoms with van der Waals surface area (Å²) in [7, 11) is 1.11. The van der Waals surface area contributed by atoms with Gasteiger partial charge in [-0.3, -0.25) is 28.8 Å². The maximum absolute atomic E-state index is 13.5. The number of hydrogen-bond acceptors (Lipinski definition) is 11. The van der Waals surface area contributed by atoms with Crippen molar-refractivity contribution in [2.24, 2.45) is 11.8 Å². The zero-order valence-corrected chi connectivity index (χ0v) is 28.5. The van der Waals surface area contributed by atoms with Crippen LogP contribution in [0.15, 0.2) is 0 Å². The molecule has 266 valence electrons. The van der Waals surface area contributed by atoms with E-state index in [4.69, 9.17) is 9.47 Å². The van der Waals surface area contributed by atoms with Crippen LogP contribution in [-0.2, 0) is 47.8 Å². The standard InChI is InChI=1S/C31H51N5O11/c1-8-11-20(26(39)28(41)32-16-23(37)33-21(30(43)45-7)13-14-24(38)46-9-2)34-27(40)22-12-10-15-36(22)29(42)25(19(5)6)35-31(44)47-17-18(3)4/h18-22,25H,8-17H2,1-7H3,(H,32,41)(H,33,37)(H,34,40)(H,35,44)/t20?,21-,22?,25-/m0/s1. The molecule has 1 aliphatic heterocycles. The number of alkyl carbamates (subject to hydrolysis) is 1. The van der Waals surface area contributed by atoms with Gasteiger partial charge in [-0.05, 0) is 44.4 Å². The van der Waals surface area contributed by atoms with Crippen molar-refractivity contribution in [2.75, 3.05) is 33.4 Å². The fourth-order valence-corrected chi connectivity index (χ4v) is 4.77. The van der Waals surface area contributed by atoms with Gasteiger partial charge in [0.25, 0.3) is 5.91 Å². The number of carbonyl (C=O) groups excluding carboxylic acids is 8. The number of methoxy groups -OCH3 is 1. The second-order valence-corrected chi connectivity index (χ2v) is 11.9. The Kier molecular flexibility index (Phi) is 18.0. The van der Waals surface area contributed by atoms with Crippen molar-refractivity contribution in [1.82, 2.24) is 26.2 Å². The molecule has 4 N–H and O–H groups in total. The lowest BCUT2D eigenvalue weighted by molar-refractivity contribution is -0.147. The molecule has 1 heterocycles. The van der Waals surface area contributed by atoms with Crippen molar-refractivity contribution in [2.45, 2.75) is 104 Å². The van der Waals surface area contributed by atoms with E-state index in [0.29, 0.717) is 19.3 Å². The second-order valence-electron chi connectivity index (χ2n) is 11.9. The van der Waals surface area contributed by atoms with Crippen molar-refractivity contribution in [1.29, 1.82) is 0 Å². The normalized spacial score (nSPS) is 16.0. The summed E-state index contributed by atoms with van der Waals surface area (Å²) >= 11 is 0. The number of rotatable bonds is 19. The van der Waals surface area contributed by atoms with Crippen LogP contribution in [0.25, 0.3) is 0 Å². The lowest BCUT2D eigenvalue weighted by atomic mass is 10.0. The van der Waals surface area contributed by atoms with Crippen LogP contribution in [0, 0.1) is 11.8 Å². The number of nitrogens with zero attached hydrogens (tertiary/aromatic N) is 1. The summed E-state index contributed by atoms with van der Waals surface area (Å²) in [5.74, 6) is -5.62. The molecule has 2 unspecified atom stereocenters. The van der Waals surface area contributed by atoms with Gasteiger partial charge in [0.05, 0.1) is 32.9 Å². The Morgan fingerprint density at radius 2 is 1.55 bits per heavy atom. The van der Waals surface area contributed by atoms with Gasteiger partial charge in [-0.1, -0.05) is 41.0 Å². The first kappa shape index (κ1) is 40.8. The van der Waals surface area contributed by atoms with Crippen LogP contribution in [0.1, 0.15) is 80.1 Å². The summed E-state index contributed by atoms with van der Waals surface area (Å²) in [6, 6.07) is -4.30. The molecule has 0 aliphatic carbocycles. The van der Waals surface area contributed by atoms with E-state index in [2.05, 4.69) is 26.0 Å². The van der Waals surface area contributed by atoms with Gasteiger partial charge in [0, 0.05) is 13.0 Å². The van der Waals surface area contributed by atoms with E-state index >= 15 is 0 Å². The number of amides is 5. The van der Waals surface area contributed by atoms with E-state index < -0.39 is 78.2 Å². The molecule has 1 aliphatic rings. The highest BCUT2D eigenvalue weighted by atomic mass is 16.5. The van der Waals surface area contributed by atoms with Crippen molar-refractivity contribution < 1.29 is 52.6 Å². The monoisotopic (exact) mass is 669 g/mol. The van der Waals surface area contributed by atoms with E-state index in [1.54, 1.807) is 27.7 Å². The molecule has 0 aromatic heterocycles. The predicted molar refractivity (Wildman–Crippen MR) is 167 cm³/mol. The Morgan fingerprint density at radius 1 is 0.872 bits per heavy atom. The summed E-state index contributed by atoms with van der Waals surface area (Å²) in [5, 5.41) is 9.72. The number of Topliss-reactive ketones (excluding diaryl/α,β-unsaturated/α-hetero) is 1. The zero-order chi connectivity index (χ0) is 35.7. The molecule has 4 atom stereocenters. The Balaban J connectivity index is 2.85. The number of ether oxygens (including phenoxy) is 3. The summed E-state index contributed by atoms with van der Waals surface area (Å²) in [5.41, 5.74) is 0. The Bertz CT molecular complexity index is 1130. The summed E-state index contributed by atoms with van der Waals surface area (Å²) in [4.78, 5) is 102. The first-order chi connectivity index (χ1) is 22.2. The van der Waals surface area contributed by atoms with Gasteiger partial charge in [-0.2, -0.15) is 0 Å². The van der Waals surface area contributed by atoms with Gasteiger partial charge in [0.2, 0.25) is 23.5 Å². The molecule has 16 heteroatoms. The number of likely N-dealkylation sites (tertiary alicyclic amines) is 1. The van der Waals surface area contributed by atoms with Crippen molar-refractivity contribution >= 4 is 47.4 Å². The van der Waals surface area contributed by atoms with E-state index in [0.717, 1.165) is 7.11 Å². The minimum atomic E-state index is -1.23. The molecule has 0 saturated carbocycles. The number of nitrogens with one attached hydrogen (secondary N) is 4. The molecular formula is C31H51N5O11. The number of esters is 2. The van der Waals surface area contributed by atoms with Gasteiger partial charge in [-0.25, -0.2) is 9.59 Å². The Labute approximate surface area is 275 Å². The van der Waals surface area contributed by atoms with Crippen molar-refractivity contribution in [3.8, 4) is 0 Å². The molecule has 0 radical (unpaired) electrons. The van der Waals surface area contributed by atoms with Crippen LogP contribution >= 0.6 is 0 Å². The summed E-state index contributed by atoms with van der Waals surface area (Å²) < 4.78 is 14.6. The fraction of sp³-hybridized carbons (Fsp3) is 0.742. The van der Waals surface area contributed by atoms with E-state index in [9.17, 15) is 38.4 Å². The van der Waals surface area contributed by atoms with E-state index in [1.807, 2.05) is 13.8 Å². The highest BCUT2D eigenvalue weighted by Crippen LogP contribution is 2.21. The molecule has 1 saturated heterocycles. The Hall–Kier alpha value is -4.24. The lowest BCUT2D eigenvalue weighted by Crippen LogP contribution is -2.57. The number of ketones is 1. The smallest absolute Gasteiger partial charge is 0.407 e. The third kappa shape index (κ3) is 14.0. The molecule has 0 spiro atoms. The zero-order valence-electron chi connectivity index (χ0n) is 28.5. The van der Waals surface area contributed by atoms with Crippen molar-refractivity contribution in [3.05, 3.63) is 0 Å². The second kappa shape index (κ2) is 20.8. The van der Waals surface area contributed by atoms with Crippen LogP contribution < -0.4 is 21.3 Å². The maximum Gasteiger partial charge on any atom is 0.407 e. The topological polar surface area (TPSA) is 216 Å². The van der Waals surface area contributed by atoms with Gasteiger partial charge >= 0.3 is 18.0 Å². The van der Waals surface area contributed by atoms with Crippen LogP contribution in [0.2, 0.25) is 0 Å². The molecular weight excluding hydrogens is 618 g/mol. The fourth-order valence-electron chi connectivity index (χ4n) is 4.77. The third-order valence-corrected chi connectivity index (χ3v) is 7.20. The van der Waals surface area contributed by atoms with Gasteiger partial charge < -0.3 is 40.4 Å². The highest BCUT2D eigenvalue weighted by molar-refractivity contribution is 6.38. The van der Waals surface area contributed by atoms with Crippen LogP contribution in [0.3, 0.4) is 0 Å². The molecule has 16 nitrogen and oxygen atoms in total. The molecule has 0 aromatic carbocycles. The number of hydrogen-bond donors (Lipinski definition) is 4. The van der Waals surface area contributed by atoms with Gasteiger partial charge in [0.1, 0.15) is 18.1 Å². The SMILES string of the molecule is CCCC(NC(=O)C1CCCN1C(=O)[C@@H](NC(=O)OCC(C)C)C(C)C)C(=O)C(=O)NCC(=O)N[C@@H](CCC(=O)OCC)C(=O)OC. The minimum absolute atomic E-state index is 0.103. The number of carbonyl (C=O) groups is 8. The minimum Gasteiger partial charge on any atom is -0.467 e. The van der Waals surface area contributed by atoms with Crippen LogP contribution in [-0.4, -0.2) is 110 Å². The largest absolute Gasteiger partial charge is 0.467 e. The van der Waals surface area contributed by atoms with Crippen LogP contribution in [0.5, 0.6) is 0 Å². The predicted octanol–water partition coefficient (Wildman–Crippen LogP) is 0.356. The average Bonchev–Trinajstić information content (AvgIpc) is 3.52. The Morgan fingerprint density at radius 3 is 2.13 bits per heavy atom. The molecule has 1 rings (SSSR count). The quantitative estimate of drug-likeness (QED) is 0.0836. The van der Waals surface area contributed by atoms with Gasteiger partial charge in [-0.15, -0.1) is 0 Å². The average molecular weight is 670 g/mol. The molecule has 0 bridgehead atoms. The molecule has 5 amide bonds. The molecule has 0 aromatic rings.